The molecule has 1 rings (SSSR count). The molecule has 0 aliphatic heterocycles. The van der Waals surface area contributed by atoms with E-state index in [1.165, 1.54) is 12.1 Å². The van der Waals surface area contributed by atoms with Gasteiger partial charge >= 0.3 is 0 Å². The Morgan fingerprint density at radius 2 is 2.06 bits per heavy atom. The van der Waals surface area contributed by atoms with Crippen molar-refractivity contribution in [3.05, 3.63) is 39.7 Å². The summed E-state index contributed by atoms with van der Waals surface area (Å²) in [5.74, 6) is -0.0663. The molecule has 1 unspecified atom stereocenters. The van der Waals surface area contributed by atoms with Crippen molar-refractivity contribution in [1.29, 1.82) is 0 Å². The quantitative estimate of drug-likeness (QED) is 0.467. The van der Waals surface area contributed by atoms with Crippen LogP contribution in [-0.4, -0.2) is 9.75 Å². The lowest BCUT2D eigenvalue weighted by molar-refractivity contribution is -0.385. The molecule has 0 fully saturated rings. The largest absolute Gasteiger partial charge is 0.272 e. The number of nitrogens with zero attached hydrogens (tertiary/aromatic N) is 1. The number of hydrogen-bond donors (Lipinski definition) is 0. The van der Waals surface area contributed by atoms with Gasteiger partial charge in [-0.05, 0) is 30.4 Å². The van der Waals surface area contributed by atoms with Crippen LogP contribution in [0, 0.1) is 21.8 Å². The highest BCUT2D eigenvalue weighted by molar-refractivity contribution is 9.09. The predicted molar refractivity (Wildman–Crippen MR) is 68.9 cm³/mol. The first-order chi connectivity index (χ1) is 7.90. The summed E-state index contributed by atoms with van der Waals surface area (Å²) in [6.07, 6.45) is 1.46. The first kappa shape index (κ1) is 14.1. The molecular weight excluding hydrogens is 289 g/mol. The Hall–Kier alpha value is -0.970. The summed E-state index contributed by atoms with van der Waals surface area (Å²) in [6.45, 7) is 4.18. The maximum atomic E-state index is 13.2. The third kappa shape index (κ3) is 4.42. The molecule has 1 aromatic carbocycles. The Balaban J connectivity index is 2.74. The van der Waals surface area contributed by atoms with Gasteiger partial charge in [0.05, 0.1) is 11.0 Å². The fourth-order valence-electron chi connectivity index (χ4n) is 1.52. The topological polar surface area (TPSA) is 43.1 Å². The van der Waals surface area contributed by atoms with Crippen molar-refractivity contribution in [2.24, 2.45) is 5.92 Å². The molecule has 94 valence electrons. The van der Waals surface area contributed by atoms with Crippen LogP contribution in [-0.2, 0) is 6.42 Å². The van der Waals surface area contributed by atoms with Gasteiger partial charge in [-0.3, -0.25) is 10.1 Å². The lowest BCUT2D eigenvalue weighted by Gasteiger charge is -2.13. The van der Waals surface area contributed by atoms with Crippen molar-refractivity contribution in [3.8, 4) is 0 Å². The highest BCUT2D eigenvalue weighted by Gasteiger charge is 2.12. The second-order valence-electron chi connectivity index (χ2n) is 4.37. The first-order valence-corrected chi connectivity index (χ1v) is 6.39. The zero-order chi connectivity index (χ0) is 13.0. The van der Waals surface area contributed by atoms with E-state index in [0.29, 0.717) is 22.7 Å². The van der Waals surface area contributed by atoms with E-state index >= 15 is 0 Å². The van der Waals surface area contributed by atoms with Gasteiger partial charge in [-0.25, -0.2) is 4.39 Å². The third-order valence-corrected chi connectivity index (χ3v) is 4.10. The van der Waals surface area contributed by atoms with Gasteiger partial charge in [0.1, 0.15) is 5.82 Å². The molecule has 0 saturated heterocycles. The van der Waals surface area contributed by atoms with E-state index in [-0.39, 0.29) is 5.69 Å². The van der Waals surface area contributed by atoms with Crippen LogP contribution in [0.3, 0.4) is 0 Å². The second-order valence-corrected chi connectivity index (χ2v) is 5.55. The van der Waals surface area contributed by atoms with Gasteiger partial charge < -0.3 is 0 Å². The van der Waals surface area contributed by atoms with Crippen LogP contribution in [0.4, 0.5) is 10.1 Å². The Morgan fingerprint density at radius 3 is 2.59 bits per heavy atom. The minimum atomic E-state index is -0.569. The first-order valence-electron chi connectivity index (χ1n) is 5.48. The number of nitro groups is 1. The predicted octanol–water partition coefficient (Wildman–Crippen LogP) is 4.09. The van der Waals surface area contributed by atoms with Gasteiger partial charge in [-0.15, -0.1) is 0 Å². The maximum Gasteiger partial charge on any atom is 0.272 e. The molecule has 3 nitrogen and oxygen atoms in total. The van der Waals surface area contributed by atoms with Crippen LogP contribution in [0.2, 0.25) is 0 Å². The third-order valence-electron chi connectivity index (χ3n) is 2.59. The van der Waals surface area contributed by atoms with Gasteiger partial charge in [0.15, 0.2) is 0 Å². The number of nitro benzene ring substituents is 1. The van der Waals surface area contributed by atoms with Crippen LogP contribution in [0.5, 0.6) is 0 Å². The Kier molecular flexibility index (Phi) is 5.05. The number of rotatable bonds is 5. The molecule has 17 heavy (non-hydrogen) atoms. The number of non-ortho nitro benzene ring substituents is 1. The van der Waals surface area contributed by atoms with Gasteiger partial charge in [0.25, 0.3) is 5.69 Å². The molecule has 0 saturated carbocycles. The van der Waals surface area contributed by atoms with E-state index in [9.17, 15) is 14.5 Å². The number of alkyl halides is 1. The fraction of sp³-hybridized carbons (Fsp3) is 0.500. The van der Waals surface area contributed by atoms with Crippen molar-refractivity contribution in [1.82, 2.24) is 0 Å². The normalized spacial score (nSPS) is 12.8. The fourth-order valence-corrected chi connectivity index (χ4v) is 1.75. The lowest BCUT2D eigenvalue weighted by atomic mass is 10.0. The summed E-state index contributed by atoms with van der Waals surface area (Å²) in [5.41, 5.74) is 0.484. The van der Waals surface area contributed by atoms with Crippen LogP contribution < -0.4 is 0 Å². The summed E-state index contributed by atoms with van der Waals surface area (Å²) in [6, 6.07) is 3.73. The van der Waals surface area contributed by atoms with Crippen LogP contribution in [0.15, 0.2) is 18.2 Å². The van der Waals surface area contributed by atoms with E-state index in [4.69, 9.17) is 0 Å². The monoisotopic (exact) mass is 303 g/mol. The molecule has 0 aliphatic rings. The van der Waals surface area contributed by atoms with Gasteiger partial charge in [-0.1, -0.05) is 29.8 Å². The molecule has 0 amide bonds. The van der Waals surface area contributed by atoms with Crippen molar-refractivity contribution in [3.63, 3.8) is 0 Å². The molecule has 1 aromatic rings. The average Bonchev–Trinajstić information content (AvgIpc) is 2.24. The number of benzene rings is 1. The van der Waals surface area contributed by atoms with Crippen LogP contribution >= 0.6 is 15.9 Å². The van der Waals surface area contributed by atoms with Crippen molar-refractivity contribution >= 4 is 21.6 Å². The molecular formula is C12H15BrFNO2. The molecule has 0 heterocycles. The number of halogens is 2. The molecule has 0 aromatic heterocycles. The lowest BCUT2D eigenvalue weighted by Crippen LogP contribution is -2.08. The SMILES string of the molecule is CC(C)C(Br)CCc1cc(F)cc([N+](=O)[O-])c1. The molecule has 0 aliphatic carbocycles. The van der Waals surface area contributed by atoms with E-state index in [1.807, 2.05) is 0 Å². The summed E-state index contributed by atoms with van der Waals surface area (Å²) < 4.78 is 13.2. The summed E-state index contributed by atoms with van der Waals surface area (Å²) in [4.78, 5) is 10.4. The Bertz CT molecular complexity index is 409. The molecule has 5 heteroatoms. The van der Waals surface area contributed by atoms with E-state index in [1.54, 1.807) is 0 Å². The van der Waals surface area contributed by atoms with Gasteiger partial charge in [-0.2, -0.15) is 0 Å². The molecule has 0 radical (unpaired) electrons. The zero-order valence-corrected chi connectivity index (χ0v) is 11.4. The minimum Gasteiger partial charge on any atom is -0.258 e. The van der Waals surface area contributed by atoms with E-state index in [0.717, 1.165) is 12.5 Å². The zero-order valence-electron chi connectivity index (χ0n) is 9.82. The van der Waals surface area contributed by atoms with Crippen molar-refractivity contribution in [2.75, 3.05) is 0 Å². The molecule has 1 atom stereocenters. The molecule has 0 spiro atoms. The van der Waals surface area contributed by atoms with Gasteiger partial charge in [0, 0.05) is 10.9 Å². The van der Waals surface area contributed by atoms with Crippen LogP contribution in [0.25, 0.3) is 0 Å². The smallest absolute Gasteiger partial charge is 0.258 e. The summed E-state index contributed by atoms with van der Waals surface area (Å²) in [7, 11) is 0. The molecule has 0 bridgehead atoms. The van der Waals surface area contributed by atoms with Crippen LogP contribution in [0.1, 0.15) is 25.8 Å². The Morgan fingerprint density at radius 1 is 1.41 bits per heavy atom. The number of aryl methyl sites for hydroxylation is 1. The standard InChI is InChI=1S/C12H15BrFNO2/c1-8(2)12(13)4-3-9-5-10(14)7-11(6-9)15(16)17/h5-8,12H,3-4H2,1-2H3. The van der Waals surface area contributed by atoms with Gasteiger partial charge in [0.2, 0.25) is 0 Å². The van der Waals surface area contributed by atoms with Crippen molar-refractivity contribution in [2.45, 2.75) is 31.5 Å². The second kappa shape index (κ2) is 6.10. The van der Waals surface area contributed by atoms with E-state index < -0.39 is 10.7 Å². The number of hydrogen-bond acceptors (Lipinski definition) is 2. The molecule has 0 N–H and O–H groups in total. The average molecular weight is 304 g/mol. The Labute approximate surface area is 108 Å². The summed E-state index contributed by atoms with van der Waals surface area (Å²) in [5, 5.41) is 10.6. The minimum absolute atomic E-state index is 0.185. The highest BCUT2D eigenvalue weighted by atomic mass is 79.9. The highest BCUT2D eigenvalue weighted by Crippen LogP contribution is 2.21. The van der Waals surface area contributed by atoms with Crippen molar-refractivity contribution < 1.29 is 9.31 Å². The maximum absolute atomic E-state index is 13.2. The van der Waals surface area contributed by atoms with E-state index in [2.05, 4.69) is 29.8 Å². The summed E-state index contributed by atoms with van der Waals surface area (Å²) >= 11 is 3.54.